The summed E-state index contributed by atoms with van der Waals surface area (Å²) in [5.41, 5.74) is 4.23. The molecule has 0 fully saturated rings. The Bertz CT molecular complexity index is 1990. The van der Waals surface area contributed by atoms with Crippen LogP contribution in [0.4, 0.5) is 0 Å². The topological polar surface area (TPSA) is 34.1 Å². The van der Waals surface area contributed by atoms with E-state index in [1.807, 2.05) is 84.9 Å². The molecule has 53 heavy (non-hydrogen) atoms. The van der Waals surface area contributed by atoms with Crippen molar-refractivity contribution < 1.29 is 9.59 Å². The van der Waals surface area contributed by atoms with Crippen molar-refractivity contribution in [2.24, 2.45) is 0 Å². The lowest BCUT2D eigenvalue weighted by molar-refractivity contribution is 0.0980. The van der Waals surface area contributed by atoms with E-state index in [9.17, 15) is 9.59 Å². The molecule has 0 aliphatic heterocycles. The summed E-state index contributed by atoms with van der Waals surface area (Å²) in [4.78, 5) is 29.4. The number of carbonyl (C=O) groups excluding carboxylic acids is 2. The van der Waals surface area contributed by atoms with Gasteiger partial charge in [0.2, 0.25) is 0 Å². The van der Waals surface area contributed by atoms with Gasteiger partial charge in [-0.1, -0.05) is 206 Å². The molecule has 7 rings (SSSR count). The first kappa shape index (κ1) is 36.1. The molecule has 0 heterocycles. The maximum atomic E-state index is 14.7. The van der Waals surface area contributed by atoms with Crippen LogP contribution in [0.15, 0.2) is 200 Å². The molecule has 4 heteroatoms. The van der Waals surface area contributed by atoms with E-state index >= 15 is 0 Å². The van der Waals surface area contributed by atoms with Gasteiger partial charge in [0.15, 0.2) is 11.6 Å². The summed E-state index contributed by atoms with van der Waals surface area (Å²) in [5.74, 6) is 0.308. The van der Waals surface area contributed by atoms with E-state index < -0.39 is 15.8 Å². The van der Waals surface area contributed by atoms with Gasteiger partial charge in [-0.25, -0.2) is 0 Å². The molecule has 2 atom stereocenters. The Morgan fingerprint density at radius 3 is 0.943 bits per heavy atom. The fourth-order valence-electron chi connectivity index (χ4n) is 7.19. The predicted octanol–water partition coefficient (Wildman–Crippen LogP) is 9.85. The Morgan fingerprint density at radius 2 is 0.660 bits per heavy atom. The second-order valence-electron chi connectivity index (χ2n) is 13.3. The van der Waals surface area contributed by atoms with Crippen molar-refractivity contribution in [3.63, 3.8) is 0 Å². The third kappa shape index (κ3) is 8.86. The van der Waals surface area contributed by atoms with Crippen LogP contribution in [0.1, 0.15) is 37.4 Å². The molecule has 0 bridgehead atoms. The first-order chi connectivity index (χ1) is 26.0. The smallest absolute Gasteiger partial charge is 0.171 e. The Labute approximate surface area is 316 Å². The highest BCUT2D eigenvalue weighted by Crippen LogP contribution is 2.45. The van der Waals surface area contributed by atoms with Crippen LogP contribution in [0.3, 0.4) is 0 Å². The molecule has 0 saturated heterocycles. The van der Waals surface area contributed by atoms with Crippen molar-refractivity contribution in [1.82, 2.24) is 0 Å². The van der Waals surface area contributed by atoms with Crippen LogP contribution in [-0.4, -0.2) is 22.9 Å². The molecule has 0 N–H and O–H groups in total. The van der Waals surface area contributed by atoms with Crippen LogP contribution in [-0.2, 0) is 12.8 Å². The Morgan fingerprint density at radius 1 is 0.396 bits per heavy atom. The summed E-state index contributed by atoms with van der Waals surface area (Å²) in [6.07, 6.45) is 1.17. The summed E-state index contributed by atoms with van der Waals surface area (Å²) in [6, 6.07) is 68.3. The van der Waals surface area contributed by atoms with Crippen LogP contribution in [0.25, 0.3) is 0 Å². The minimum atomic E-state index is -1.05. The highest BCUT2D eigenvalue weighted by Gasteiger charge is 2.34. The van der Waals surface area contributed by atoms with Gasteiger partial charge in [-0.05, 0) is 68.0 Å². The lowest BCUT2D eigenvalue weighted by Crippen LogP contribution is -2.31. The average molecular weight is 725 g/mol. The predicted molar refractivity (Wildman–Crippen MR) is 226 cm³/mol. The first-order valence-electron chi connectivity index (χ1n) is 18.1. The molecule has 0 spiro atoms. The number of aryl methyl sites for hydroxylation is 1. The molecular weight excluding hydrogens is 682 g/mol. The van der Waals surface area contributed by atoms with E-state index in [2.05, 4.69) is 122 Å². The minimum absolute atomic E-state index is 0.154. The van der Waals surface area contributed by atoms with Crippen molar-refractivity contribution in [3.8, 4) is 0 Å². The highest BCUT2D eigenvalue weighted by atomic mass is 31.1. The Kier molecular flexibility index (Phi) is 11.9. The van der Waals surface area contributed by atoms with E-state index in [0.29, 0.717) is 12.8 Å². The molecular formula is C49H42O2P2. The maximum absolute atomic E-state index is 14.7. The summed E-state index contributed by atoms with van der Waals surface area (Å²) in [5, 5.41) is 4.72. The van der Waals surface area contributed by atoms with Crippen molar-refractivity contribution in [2.75, 3.05) is 0 Å². The second-order valence-corrected chi connectivity index (χ2v) is 18.1. The number of ketones is 2. The van der Waals surface area contributed by atoms with E-state index in [4.69, 9.17) is 0 Å². The maximum Gasteiger partial charge on any atom is 0.171 e. The number of rotatable bonds is 14. The lowest BCUT2D eigenvalue weighted by Gasteiger charge is -2.29. The number of Topliss-reactive ketones (excluding diaryl/α,β-unsaturated/α-hetero) is 2. The second kappa shape index (κ2) is 17.5. The number of hydrogen-bond acceptors (Lipinski definition) is 2. The fourth-order valence-corrected chi connectivity index (χ4v) is 12.8. The minimum Gasteiger partial charge on any atom is -0.293 e. The quantitative estimate of drug-likeness (QED) is 0.0827. The molecule has 7 aromatic rings. The molecule has 0 aliphatic rings. The molecule has 260 valence electrons. The van der Waals surface area contributed by atoms with Crippen LogP contribution >= 0.6 is 15.8 Å². The van der Waals surface area contributed by atoms with Gasteiger partial charge in [-0.3, -0.25) is 9.59 Å². The van der Waals surface area contributed by atoms with E-state index in [0.717, 1.165) is 27.8 Å². The normalized spacial score (nSPS) is 12.4. The molecule has 0 unspecified atom stereocenters. The van der Waals surface area contributed by atoms with Gasteiger partial charge < -0.3 is 0 Å². The molecule has 2 nitrogen and oxygen atoms in total. The number of hydrogen-bond donors (Lipinski definition) is 0. The van der Waals surface area contributed by atoms with Crippen molar-refractivity contribution in [1.29, 1.82) is 0 Å². The van der Waals surface area contributed by atoms with Crippen molar-refractivity contribution in [2.45, 2.75) is 31.1 Å². The van der Waals surface area contributed by atoms with Crippen molar-refractivity contribution in [3.05, 3.63) is 228 Å². The van der Waals surface area contributed by atoms with Gasteiger partial charge in [0.1, 0.15) is 0 Å². The zero-order chi connectivity index (χ0) is 36.4. The third-order valence-electron chi connectivity index (χ3n) is 9.54. The Balaban J connectivity index is 1.32. The molecule has 0 saturated carbocycles. The summed E-state index contributed by atoms with van der Waals surface area (Å²) < 4.78 is 0. The van der Waals surface area contributed by atoms with Gasteiger partial charge >= 0.3 is 0 Å². The molecule has 0 aliphatic carbocycles. The fraction of sp³-hybridized carbons (Fsp3) is 0.102. The summed E-state index contributed by atoms with van der Waals surface area (Å²) >= 11 is 0. The SMILES string of the molecule is Cc1cc(C[C@H](C(=O)c2ccccc2)P(c2ccccc2)c2ccccc2)cc(C[C@H](C(=O)c2ccccc2)P(c2ccccc2)c2ccccc2)c1. The monoisotopic (exact) mass is 724 g/mol. The zero-order valence-electron chi connectivity index (χ0n) is 29.8. The first-order valence-corrected chi connectivity index (χ1v) is 20.9. The van der Waals surface area contributed by atoms with Gasteiger partial charge in [0, 0.05) is 11.1 Å². The standard InChI is InChI=1S/C49H42O2P2/c1-37-32-38(35-46(48(50)40-20-8-2-9-21-40)52(42-24-12-4-13-25-42)43-26-14-5-15-27-43)34-39(33-37)36-47(49(51)41-22-10-3-11-23-41)53(44-28-16-6-17-29-44)45-30-18-7-19-31-45/h2-34,46-47H,35-36H2,1H3/t46-,47-/m1/s1. The highest BCUT2D eigenvalue weighted by molar-refractivity contribution is 7.75. The number of carbonyl (C=O) groups is 2. The molecule has 0 aromatic heterocycles. The third-order valence-corrected chi connectivity index (χ3v) is 15.0. The summed E-state index contributed by atoms with van der Waals surface area (Å²) in [7, 11) is -2.10. The average Bonchev–Trinajstić information content (AvgIpc) is 3.22. The molecule has 0 radical (unpaired) electrons. The largest absolute Gasteiger partial charge is 0.293 e. The van der Waals surface area contributed by atoms with Crippen LogP contribution < -0.4 is 21.2 Å². The van der Waals surface area contributed by atoms with E-state index in [-0.39, 0.29) is 22.9 Å². The van der Waals surface area contributed by atoms with Crippen LogP contribution in [0, 0.1) is 6.92 Å². The Hall–Kier alpha value is -5.26. The lowest BCUT2D eigenvalue weighted by atomic mass is 9.96. The summed E-state index contributed by atoms with van der Waals surface area (Å²) in [6.45, 7) is 2.13. The van der Waals surface area contributed by atoms with Gasteiger partial charge in [-0.15, -0.1) is 0 Å². The van der Waals surface area contributed by atoms with Gasteiger partial charge in [0.25, 0.3) is 0 Å². The van der Waals surface area contributed by atoms with Gasteiger partial charge in [0.05, 0.1) is 11.3 Å². The zero-order valence-corrected chi connectivity index (χ0v) is 31.6. The molecule has 0 amide bonds. The van der Waals surface area contributed by atoms with E-state index in [1.165, 1.54) is 21.2 Å². The van der Waals surface area contributed by atoms with Crippen LogP contribution in [0.5, 0.6) is 0 Å². The van der Waals surface area contributed by atoms with E-state index in [1.54, 1.807) is 0 Å². The van der Waals surface area contributed by atoms with Crippen LogP contribution in [0.2, 0.25) is 0 Å². The molecule has 7 aromatic carbocycles. The van der Waals surface area contributed by atoms with Crippen molar-refractivity contribution >= 4 is 48.6 Å². The number of benzene rings is 7. The van der Waals surface area contributed by atoms with Gasteiger partial charge in [-0.2, -0.15) is 0 Å².